The van der Waals surface area contributed by atoms with Gasteiger partial charge in [-0.1, -0.05) is 22.8 Å². The molecule has 25 heavy (non-hydrogen) atoms. The molecule has 6 nitrogen and oxygen atoms in total. The molecule has 2 aromatic heterocycles. The number of pyridine rings is 1. The topological polar surface area (TPSA) is 77.1 Å². The molecule has 1 fully saturated rings. The number of aromatic nitrogens is 2. The minimum Gasteiger partial charge on any atom is -0.360 e. The largest absolute Gasteiger partial charge is 0.360 e. The van der Waals surface area contributed by atoms with Crippen molar-refractivity contribution in [1.82, 2.24) is 15.0 Å². The fourth-order valence-corrected chi connectivity index (χ4v) is 4.24. The van der Waals surface area contributed by atoms with Gasteiger partial charge in [0.25, 0.3) is 5.56 Å². The molecule has 2 atom stereocenters. The maximum Gasteiger partial charge on any atom is 0.264 e. The zero-order chi connectivity index (χ0) is 17.6. The fraction of sp³-hybridized carbons (Fsp3) is 0.389. The van der Waals surface area contributed by atoms with E-state index < -0.39 is 0 Å². The smallest absolute Gasteiger partial charge is 0.264 e. The molecule has 3 aromatic rings. The van der Waals surface area contributed by atoms with Crippen molar-refractivity contribution in [1.29, 1.82) is 0 Å². The number of nitrogens with zero attached hydrogens (tertiary/aromatic N) is 2. The van der Waals surface area contributed by atoms with Crippen LogP contribution < -0.4 is 10.9 Å². The molecule has 2 heterocycles. The first-order valence-corrected chi connectivity index (χ1v) is 8.78. The molecule has 0 spiro atoms. The molecule has 1 aliphatic rings. The van der Waals surface area contributed by atoms with Crippen molar-refractivity contribution >= 4 is 39.8 Å². The molecular formula is C18H18ClN3O3. The Hall–Kier alpha value is -2.34. The molecule has 0 radical (unpaired) electrons. The van der Waals surface area contributed by atoms with E-state index in [9.17, 15) is 9.59 Å². The second-order valence-corrected chi connectivity index (χ2v) is 6.98. The Labute approximate surface area is 148 Å². The average molecular weight is 360 g/mol. The number of halogens is 1. The molecule has 1 amide bonds. The lowest BCUT2D eigenvalue weighted by molar-refractivity contribution is -0.110. The Balaban J connectivity index is 2.00. The van der Waals surface area contributed by atoms with E-state index in [0.29, 0.717) is 21.7 Å². The van der Waals surface area contributed by atoms with E-state index in [1.807, 2.05) is 16.7 Å². The summed E-state index contributed by atoms with van der Waals surface area (Å²) >= 11 is 6.43. The maximum absolute atomic E-state index is 13.2. The number of carbonyl (C=O) groups excluding carboxylic acids is 1. The third-order valence-electron chi connectivity index (χ3n) is 5.10. The van der Waals surface area contributed by atoms with Crippen molar-refractivity contribution < 1.29 is 9.32 Å². The fourth-order valence-electron chi connectivity index (χ4n) is 3.98. The molecule has 7 heteroatoms. The van der Waals surface area contributed by atoms with Gasteiger partial charge in [0, 0.05) is 17.5 Å². The van der Waals surface area contributed by atoms with Gasteiger partial charge in [0.2, 0.25) is 6.41 Å². The molecule has 0 saturated heterocycles. The van der Waals surface area contributed by atoms with Gasteiger partial charge in [-0.25, -0.2) is 0 Å². The van der Waals surface area contributed by atoms with Crippen molar-refractivity contribution in [3.63, 3.8) is 0 Å². The molecule has 2 unspecified atom stereocenters. The minimum absolute atomic E-state index is 0.00151. The van der Waals surface area contributed by atoms with Crippen LogP contribution in [0.3, 0.4) is 0 Å². The lowest BCUT2D eigenvalue weighted by Gasteiger charge is -2.31. The van der Waals surface area contributed by atoms with Crippen LogP contribution in [0.5, 0.6) is 0 Å². The summed E-state index contributed by atoms with van der Waals surface area (Å²) in [5, 5.41) is 8.68. The lowest BCUT2D eigenvalue weighted by atomic mass is 9.90. The summed E-state index contributed by atoms with van der Waals surface area (Å²) in [5.41, 5.74) is 1.16. The van der Waals surface area contributed by atoms with Crippen LogP contribution in [0.1, 0.15) is 37.5 Å². The van der Waals surface area contributed by atoms with E-state index in [1.54, 1.807) is 13.0 Å². The Morgan fingerprint density at radius 2 is 2.20 bits per heavy atom. The highest BCUT2D eigenvalue weighted by Gasteiger charge is 2.27. The molecule has 0 bridgehead atoms. The third kappa shape index (κ3) is 2.52. The van der Waals surface area contributed by atoms with Gasteiger partial charge in [0.15, 0.2) is 0 Å². The minimum atomic E-state index is -0.111. The normalized spacial score (nSPS) is 20.9. The first-order valence-electron chi connectivity index (χ1n) is 8.40. The maximum atomic E-state index is 13.2. The highest BCUT2D eigenvalue weighted by atomic mass is 35.5. The van der Waals surface area contributed by atoms with Gasteiger partial charge < -0.3 is 14.4 Å². The summed E-state index contributed by atoms with van der Waals surface area (Å²) in [6, 6.07) is 5.60. The second kappa shape index (κ2) is 6.19. The number of rotatable bonds is 3. The van der Waals surface area contributed by atoms with Gasteiger partial charge in [0.05, 0.1) is 10.5 Å². The van der Waals surface area contributed by atoms with Gasteiger partial charge in [0.1, 0.15) is 16.7 Å². The molecule has 1 aliphatic carbocycles. The predicted molar refractivity (Wildman–Crippen MR) is 96.0 cm³/mol. The van der Waals surface area contributed by atoms with Gasteiger partial charge in [-0.05, 0) is 44.7 Å². The molecular weight excluding hydrogens is 342 g/mol. The molecule has 1 saturated carbocycles. The number of hydrogen-bond donors (Lipinski definition) is 1. The highest BCUT2D eigenvalue weighted by molar-refractivity contribution is 6.37. The molecule has 4 rings (SSSR count). The van der Waals surface area contributed by atoms with Crippen LogP contribution in [0.25, 0.3) is 21.8 Å². The van der Waals surface area contributed by atoms with E-state index in [0.717, 1.165) is 43.0 Å². The first kappa shape index (κ1) is 16.1. The molecule has 130 valence electrons. The van der Waals surface area contributed by atoms with E-state index in [2.05, 4.69) is 10.5 Å². The number of aryl methyl sites for hydroxylation is 1. The van der Waals surface area contributed by atoms with Crippen molar-refractivity contribution in [3.8, 4) is 0 Å². The zero-order valence-corrected chi connectivity index (χ0v) is 14.5. The summed E-state index contributed by atoms with van der Waals surface area (Å²) < 4.78 is 7.09. The summed E-state index contributed by atoms with van der Waals surface area (Å²) in [6.45, 7) is 1.74. The standard InChI is InChI=1S/C18H18ClN3O3/c1-10-15-17(21-25-10)16-13(19)6-3-7-14(16)22(18(15)24)12-5-2-4-11(8-12)20-9-23/h3,6-7,9,11-12H,2,4-5,8H2,1H3,(H,20,23). The van der Waals surface area contributed by atoms with Crippen LogP contribution in [0, 0.1) is 6.92 Å². The van der Waals surface area contributed by atoms with Gasteiger partial charge in [-0.3, -0.25) is 9.59 Å². The number of hydrogen-bond acceptors (Lipinski definition) is 4. The van der Waals surface area contributed by atoms with Crippen LogP contribution in [0.15, 0.2) is 27.5 Å². The second-order valence-electron chi connectivity index (χ2n) is 6.57. The van der Waals surface area contributed by atoms with Crippen LogP contribution in [-0.2, 0) is 4.79 Å². The Bertz CT molecular complexity index is 1020. The van der Waals surface area contributed by atoms with Crippen molar-refractivity contribution in [3.05, 3.63) is 39.3 Å². The number of amides is 1. The van der Waals surface area contributed by atoms with E-state index >= 15 is 0 Å². The average Bonchev–Trinajstić information content (AvgIpc) is 2.98. The van der Waals surface area contributed by atoms with Crippen molar-refractivity contribution in [2.24, 2.45) is 0 Å². The van der Waals surface area contributed by atoms with Gasteiger partial charge in [-0.2, -0.15) is 0 Å². The lowest BCUT2D eigenvalue weighted by Crippen LogP contribution is -2.37. The van der Waals surface area contributed by atoms with Gasteiger partial charge >= 0.3 is 0 Å². The number of nitrogens with one attached hydrogen (secondary N) is 1. The van der Waals surface area contributed by atoms with E-state index in [4.69, 9.17) is 16.1 Å². The Kier molecular flexibility index (Phi) is 4.00. The summed E-state index contributed by atoms with van der Waals surface area (Å²) in [4.78, 5) is 24.0. The molecule has 1 N–H and O–H groups in total. The van der Waals surface area contributed by atoms with E-state index in [-0.39, 0.29) is 17.6 Å². The van der Waals surface area contributed by atoms with Crippen LogP contribution in [0.4, 0.5) is 0 Å². The summed E-state index contributed by atoms with van der Waals surface area (Å²) in [5.74, 6) is 0.494. The highest BCUT2D eigenvalue weighted by Crippen LogP contribution is 2.35. The summed E-state index contributed by atoms with van der Waals surface area (Å²) in [7, 11) is 0. The monoisotopic (exact) mass is 359 g/mol. The number of carbonyl (C=O) groups is 1. The summed E-state index contributed by atoms with van der Waals surface area (Å²) in [6.07, 6.45) is 4.21. The predicted octanol–water partition coefficient (Wildman–Crippen LogP) is 3.33. The van der Waals surface area contributed by atoms with Crippen molar-refractivity contribution in [2.45, 2.75) is 44.7 Å². The number of fused-ring (bicyclic) bond motifs is 3. The molecule has 0 aliphatic heterocycles. The Morgan fingerprint density at radius 1 is 1.36 bits per heavy atom. The zero-order valence-electron chi connectivity index (χ0n) is 13.8. The van der Waals surface area contributed by atoms with Crippen LogP contribution >= 0.6 is 11.6 Å². The molecule has 1 aromatic carbocycles. The Morgan fingerprint density at radius 3 is 3.00 bits per heavy atom. The van der Waals surface area contributed by atoms with Crippen LogP contribution in [-0.4, -0.2) is 22.2 Å². The van der Waals surface area contributed by atoms with Gasteiger partial charge in [-0.15, -0.1) is 0 Å². The third-order valence-corrected chi connectivity index (χ3v) is 5.41. The van der Waals surface area contributed by atoms with Crippen LogP contribution in [0.2, 0.25) is 5.02 Å². The number of benzene rings is 1. The first-order chi connectivity index (χ1) is 12.1. The van der Waals surface area contributed by atoms with E-state index in [1.165, 1.54) is 0 Å². The van der Waals surface area contributed by atoms with Crippen molar-refractivity contribution in [2.75, 3.05) is 0 Å². The SMILES string of the molecule is Cc1onc2c1c(=O)n(C1CCCC(NC=O)C1)c1cccc(Cl)c21. The quantitative estimate of drug-likeness (QED) is 0.727.